The van der Waals surface area contributed by atoms with Crippen molar-refractivity contribution in [1.82, 2.24) is 5.48 Å². The molecular weight excluding hydrogens is 240 g/mol. The summed E-state index contributed by atoms with van der Waals surface area (Å²) in [6, 6.07) is 14.8. The van der Waals surface area contributed by atoms with Crippen molar-refractivity contribution < 1.29 is 9.63 Å². The lowest BCUT2D eigenvalue weighted by atomic mass is 10.1. The van der Waals surface area contributed by atoms with Crippen LogP contribution in [0, 0.1) is 6.92 Å². The molecule has 0 bridgehead atoms. The average Bonchev–Trinajstić information content (AvgIpc) is 2.43. The minimum atomic E-state index is -0.291. The molecule has 2 rings (SSSR count). The molecule has 0 fully saturated rings. The van der Waals surface area contributed by atoms with Crippen LogP contribution in [0.1, 0.15) is 21.5 Å². The number of hydroxylamine groups is 1. The van der Waals surface area contributed by atoms with Crippen molar-refractivity contribution in [2.24, 2.45) is 0 Å². The number of nitrogens with two attached hydrogens (primary N) is 1. The molecular formula is C15H16N2O2. The maximum atomic E-state index is 11.9. The molecule has 4 nitrogen and oxygen atoms in total. The third-order valence-corrected chi connectivity index (χ3v) is 2.87. The monoisotopic (exact) mass is 256 g/mol. The second-order valence-corrected chi connectivity index (χ2v) is 4.23. The molecule has 0 heterocycles. The Balaban J connectivity index is 1.93. The molecule has 0 aliphatic heterocycles. The highest BCUT2D eigenvalue weighted by Gasteiger charge is 2.10. The summed E-state index contributed by atoms with van der Waals surface area (Å²) in [4.78, 5) is 17.1. The molecule has 0 spiro atoms. The van der Waals surface area contributed by atoms with Gasteiger partial charge in [-0.25, -0.2) is 5.48 Å². The Hall–Kier alpha value is -2.33. The Kier molecular flexibility index (Phi) is 4.15. The number of amides is 1. The number of nitrogens with one attached hydrogen (secondary N) is 1. The first-order valence-electron chi connectivity index (χ1n) is 5.99. The van der Waals surface area contributed by atoms with Gasteiger partial charge in [-0.05, 0) is 30.2 Å². The van der Waals surface area contributed by atoms with Gasteiger partial charge in [0.05, 0.1) is 6.61 Å². The van der Waals surface area contributed by atoms with Crippen molar-refractivity contribution >= 4 is 11.6 Å². The number of benzene rings is 2. The van der Waals surface area contributed by atoms with E-state index in [-0.39, 0.29) is 5.91 Å². The highest BCUT2D eigenvalue weighted by atomic mass is 16.6. The van der Waals surface area contributed by atoms with Crippen LogP contribution < -0.4 is 11.2 Å². The maximum Gasteiger partial charge on any atom is 0.275 e. The lowest BCUT2D eigenvalue weighted by Gasteiger charge is -2.09. The van der Waals surface area contributed by atoms with E-state index in [0.29, 0.717) is 17.9 Å². The van der Waals surface area contributed by atoms with Crippen LogP contribution in [0.5, 0.6) is 0 Å². The fraction of sp³-hybridized carbons (Fsp3) is 0.133. The average molecular weight is 256 g/mol. The van der Waals surface area contributed by atoms with Gasteiger partial charge in [-0.2, -0.15) is 0 Å². The summed E-state index contributed by atoms with van der Waals surface area (Å²) in [5.74, 6) is -0.291. The minimum absolute atomic E-state index is 0.291. The third-order valence-electron chi connectivity index (χ3n) is 2.87. The predicted molar refractivity (Wildman–Crippen MR) is 74.3 cm³/mol. The number of hydrogen-bond acceptors (Lipinski definition) is 3. The fourth-order valence-corrected chi connectivity index (χ4v) is 1.71. The quantitative estimate of drug-likeness (QED) is 0.652. The van der Waals surface area contributed by atoms with Gasteiger partial charge >= 0.3 is 0 Å². The Morgan fingerprint density at radius 1 is 1.16 bits per heavy atom. The van der Waals surface area contributed by atoms with Crippen LogP contribution in [-0.4, -0.2) is 5.91 Å². The SMILES string of the molecule is Cc1c(N)cccc1C(=O)NOCc1ccccc1. The Morgan fingerprint density at radius 3 is 2.63 bits per heavy atom. The van der Waals surface area contributed by atoms with Crippen LogP contribution in [-0.2, 0) is 11.4 Å². The molecule has 4 heteroatoms. The number of carbonyl (C=O) groups excluding carboxylic acids is 1. The summed E-state index contributed by atoms with van der Waals surface area (Å²) in [6.07, 6.45) is 0. The third kappa shape index (κ3) is 3.33. The number of anilines is 1. The van der Waals surface area contributed by atoms with Gasteiger partial charge in [-0.3, -0.25) is 9.63 Å². The molecule has 0 saturated carbocycles. The maximum absolute atomic E-state index is 11.9. The molecule has 2 aromatic carbocycles. The van der Waals surface area contributed by atoms with Crippen LogP contribution >= 0.6 is 0 Å². The second kappa shape index (κ2) is 6.02. The van der Waals surface area contributed by atoms with E-state index in [9.17, 15) is 4.79 Å². The lowest BCUT2D eigenvalue weighted by Crippen LogP contribution is -2.24. The van der Waals surface area contributed by atoms with Crippen LogP contribution in [0.25, 0.3) is 0 Å². The lowest BCUT2D eigenvalue weighted by molar-refractivity contribution is 0.0233. The highest BCUT2D eigenvalue weighted by molar-refractivity contribution is 5.96. The molecule has 0 aliphatic rings. The molecule has 0 radical (unpaired) electrons. The summed E-state index contributed by atoms with van der Waals surface area (Å²) in [6.45, 7) is 2.13. The molecule has 0 aromatic heterocycles. The van der Waals surface area contributed by atoms with E-state index in [0.717, 1.165) is 11.1 Å². The van der Waals surface area contributed by atoms with E-state index in [2.05, 4.69) is 5.48 Å². The Labute approximate surface area is 112 Å². The van der Waals surface area contributed by atoms with Gasteiger partial charge in [0.1, 0.15) is 0 Å². The summed E-state index contributed by atoms with van der Waals surface area (Å²) in [7, 11) is 0. The zero-order valence-corrected chi connectivity index (χ0v) is 10.7. The van der Waals surface area contributed by atoms with Crippen molar-refractivity contribution in [1.29, 1.82) is 0 Å². The number of hydrogen-bond donors (Lipinski definition) is 2. The molecule has 98 valence electrons. The Bertz CT molecular complexity index is 568. The number of nitrogen functional groups attached to an aromatic ring is 1. The number of rotatable bonds is 4. The van der Waals surface area contributed by atoms with Gasteiger partial charge in [0.15, 0.2) is 0 Å². The molecule has 3 N–H and O–H groups in total. The molecule has 2 aromatic rings. The standard InChI is InChI=1S/C15H16N2O2/c1-11-13(8-5-9-14(11)16)15(18)17-19-10-12-6-3-2-4-7-12/h2-9H,10,16H2,1H3,(H,17,18). The zero-order valence-electron chi connectivity index (χ0n) is 10.7. The van der Waals surface area contributed by atoms with Crippen molar-refractivity contribution in [3.05, 3.63) is 65.2 Å². The summed E-state index contributed by atoms with van der Waals surface area (Å²) < 4.78 is 0. The summed E-state index contributed by atoms with van der Waals surface area (Å²) in [5.41, 5.74) is 11.0. The van der Waals surface area contributed by atoms with Gasteiger partial charge in [-0.15, -0.1) is 0 Å². The van der Waals surface area contributed by atoms with E-state index < -0.39 is 0 Å². The van der Waals surface area contributed by atoms with E-state index in [1.165, 1.54) is 0 Å². The smallest absolute Gasteiger partial charge is 0.275 e. The van der Waals surface area contributed by atoms with Gasteiger partial charge < -0.3 is 5.73 Å². The number of carbonyl (C=O) groups is 1. The van der Waals surface area contributed by atoms with Crippen LogP contribution in [0.3, 0.4) is 0 Å². The molecule has 0 atom stereocenters. The van der Waals surface area contributed by atoms with Crippen molar-refractivity contribution in [3.8, 4) is 0 Å². The molecule has 0 saturated heterocycles. The van der Waals surface area contributed by atoms with E-state index in [4.69, 9.17) is 10.6 Å². The summed E-state index contributed by atoms with van der Waals surface area (Å²) in [5, 5.41) is 0. The van der Waals surface area contributed by atoms with Gasteiger partial charge in [0.25, 0.3) is 5.91 Å². The van der Waals surface area contributed by atoms with E-state index in [1.54, 1.807) is 25.1 Å². The molecule has 0 aliphatic carbocycles. The zero-order chi connectivity index (χ0) is 13.7. The van der Waals surface area contributed by atoms with E-state index in [1.807, 2.05) is 30.3 Å². The van der Waals surface area contributed by atoms with Gasteiger partial charge in [-0.1, -0.05) is 36.4 Å². The van der Waals surface area contributed by atoms with E-state index >= 15 is 0 Å². The van der Waals surface area contributed by atoms with Gasteiger partial charge in [0, 0.05) is 11.3 Å². The summed E-state index contributed by atoms with van der Waals surface area (Å²) >= 11 is 0. The van der Waals surface area contributed by atoms with Crippen molar-refractivity contribution in [2.45, 2.75) is 13.5 Å². The first-order chi connectivity index (χ1) is 9.18. The fourth-order valence-electron chi connectivity index (χ4n) is 1.71. The Morgan fingerprint density at radius 2 is 1.89 bits per heavy atom. The van der Waals surface area contributed by atoms with Crippen LogP contribution in [0.15, 0.2) is 48.5 Å². The van der Waals surface area contributed by atoms with Crippen molar-refractivity contribution in [3.63, 3.8) is 0 Å². The van der Waals surface area contributed by atoms with Crippen molar-refractivity contribution in [2.75, 3.05) is 5.73 Å². The first-order valence-corrected chi connectivity index (χ1v) is 5.99. The first kappa shape index (κ1) is 13.1. The van der Waals surface area contributed by atoms with Gasteiger partial charge in [0.2, 0.25) is 0 Å². The molecule has 19 heavy (non-hydrogen) atoms. The molecule has 1 amide bonds. The van der Waals surface area contributed by atoms with Crippen LogP contribution in [0.4, 0.5) is 5.69 Å². The minimum Gasteiger partial charge on any atom is -0.398 e. The van der Waals surface area contributed by atoms with Crippen LogP contribution in [0.2, 0.25) is 0 Å². The highest BCUT2D eigenvalue weighted by Crippen LogP contribution is 2.15. The topological polar surface area (TPSA) is 64.4 Å². The predicted octanol–water partition coefficient (Wildman–Crippen LogP) is 2.44. The normalized spacial score (nSPS) is 10.2. The largest absolute Gasteiger partial charge is 0.398 e. The second-order valence-electron chi connectivity index (χ2n) is 4.23. The molecule has 0 unspecified atom stereocenters.